The highest BCUT2D eigenvalue weighted by molar-refractivity contribution is 7.99. The molecule has 1 unspecified atom stereocenters. The summed E-state index contributed by atoms with van der Waals surface area (Å²) >= 11 is 1.81. The number of hydrogen-bond acceptors (Lipinski definition) is 6. The van der Waals surface area contributed by atoms with E-state index in [-0.39, 0.29) is 0 Å². The van der Waals surface area contributed by atoms with Gasteiger partial charge in [0.1, 0.15) is 0 Å². The highest BCUT2D eigenvalue weighted by Gasteiger charge is 2.19. The third-order valence-corrected chi connectivity index (χ3v) is 3.72. The number of thioether (sulfide) groups is 1. The van der Waals surface area contributed by atoms with E-state index in [4.69, 9.17) is 14.0 Å². The van der Waals surface area contributed by atoms with E-state index in [9.17, 15) is 0 Å². The fourth-order valence-electron chi connectivity index (χ4n) is 1.25. The minimum Gasteiger partial charge on any atom is -0.345 e. The molecule has 1 aromatic heterocycles. The molecule has 1 atom stereocenters. The topological polar surface area (TPSA) is 57.4 Å². The number of ether oxygens (including phenoxy) is 2. The lowest BCUT2D eigenvalue weighted by Gasteiger charge is -2.11. The third-order valence-electron chi connectivity index (χ3n) is 2.39. The standard InChI is InChI=1S/C12H22N2O3S/c1-5-9(4)18-8-10-13-11(17-14-10)12(15-6-2)16-7-3/h9,12H,5-8H2,1-4H3. The molecule has 1 heterocycles. The van der Waals surface area contributed by atoms with Crippen LogP contribution in [0.25, 0.3) is 0 Å². The van der Waals surface area contributed by atoms with Crippen LogP contribution >= 0.6 is 11.8 Å². The highest BCUT2D eigenvalue weighted by atomic mass is 32.2. The molecule has 0 saturated carbocycles. The predicted molar refractivity (Wildman–Crippen MR) is 71.3 cm³/mol. The Hall–Kier alpha value is -0.590. The smallest absolute Gasteiger partial charge is 0.283 e. The van der Waals surface area contributed by atoms with Gasteiger partial charge in [0.2, 0.25) is 6.29 Å². The number of rotatable bonds is 9. The van der Waals surface area contributed by atoms with Gasteiger partial charge < -0.3 is 14.0 Å². The quantitative estimate of drug-likeness (QED) is 0.645. The van der Waals surface area contributed by atoms with E-state index in [0.717, 1.165) is 12.2 Å². The molecule has 0 fully saturated rings. The average Bonchev–Trinajstić information content (AvgIpc) is 2.84. The van der Waals surface area contributed by atoms with Crippen LogP contribution in [-0.2, 0) is 15.2 Å². The Morgan fingerprint density at radius 1 is 1.22 bits per heavy atom. The summed E-state index contributed by atoms with van der Waals surface area (Å²) < 4.78 is 16.0. The number of hydrogen-bond donors (Lipinski definition) is 0. The lowest BCUT2D eigenvalue weighted by molar-refractivity contribution is -0.155. The minimum absolute atomic E-state index is 0.401. The van der Waals surface area contributed by atoms with Gasteiger partial charge >= 0.3 is 0 Å². The summed E-state index contributed by atoms with van der Waals surface area (Å²) in [6.07, 6.45) is 0.588. The Morgan fingerprint density at radius 2 is 1.89 bits per heavy atom. The molecule has 0 aromatic carbocycles. The van der Waals surface area contributed by atoms with E-state index in [2.05, 4.69) is 24.0 Å². The zero-order valence-electron chi connectivity index (χ0n) is 11.5. The van der Waals surface area contributed by atoms with Crippen LogP contribution in [0.15, 0.2) is 4.52 Å². The number of nitrogens with zero attached hydrogens (tertiary/aromatic N) is 2. The van der Waals surface area contributed by atoms with Crippen molar-refractivity contribution in [1.29, 1.82) is 0 Å². The molecule has 0 aliphatic carbocycles. The van der Waals surface area contributed by atoms with E-state index in [0.29, 0.717) is 30.2 Å². The fraction of sp³-hybridized carbons (Fsp3) is 0.833. The van der Waals surface area contributed by atoms with Gasteiger partial charge in [0, 0.05) is 18.5 Å². The van der Waals surface area contributed by atoms with Gasteiger partial charge in [-0.3, -0.25) is 0 Å². The zero-order valence-corrected chi connectivity index (χ0v) is 12.3. The van der Waals surface area contributed by atoms with Gasteiger partial charge in [-0.1, -0.05) is 19.0 Å². The maximum atomic E-state index is 5.40. The Balaban J connectivity index is 2.54. The van der Waals surface area contributed by atoms with Crippen molar-refractivity contribution in [3.8, 4) is 0 Å². The van der Waals surface area contributed by atoms with Crippen LogP contribution in [0, 0.1) is 0 Å². The van der Waals surface area contributed by atoms with Crippen molar-refractivity contribution in [2.45, 2.75) is 51.4 Å². The second-order valence-electron chi connectivity index (χ2n) is 3.82. The van der Waals surface area contributed by atoms with Gasteiger partial charge in [0.15, 0.2) is 5.82 Å². The van der Waals surface area contributed by atoms with Crippen molar-refractivity contribution < 1.29 is 14.0 Å². The zero-order chi connectivity index (χ0) is 13.4. The second kappa shape index (κ2) is 8.50. The molecule has 0 spiro atoms. The molecule has 0 aliphatic heterocycles. The minimum atomic E-state index is -0.546. The van der Waals surface area contributed by atoms with Crippen molar-refractivity contribution in [1.82, 2.24) is 10.1 Å². The SMILES string of the molecule is CCOC(OCC)c1nc(CSC(C)CC)no1. The van der Waals surface area contributed by atoms with E-state index < -0.39 is 6.29 Å². The normalized spacial score (nSPS) is 13.2. The Kier molecular flexibility index (Phi) is 7.31. The first-order valence-electron chi connectivity index (χ1n) is 6.38. The molecule has 0 N–H and O–H groups in total. The van der Waals surface area contributed by atoms with Gasteiger partial charge in [0.25, 0.3) is 5.89 Å². The van der Waals surface area contributed by atoms with Gasteiger partial charge in [-0.15, -0.1) is 0 Å². The van der Waals surface area contributed by atoms with Crippen LogP contribution in [0.4, 0.5) is 0 Å². The maximum Gasteiger partial charge on any atom is 0.283 e. The molecule has 104 valence electrons. The molecule has 0 saturated heterocycles. The average molecular weight is 274 g/mol. The molecule has 18 heavy (non-hydrogen) atoms. The molecule has 1 aromatic rings. The van der Waals surface area contributed by atoms with E-state index in [1.807, 2.05) is 25.6 Å². The fourth-order valence-corrected chi connectivity index (χ4v) is 2.04. The molecule has 0 amide bonds. The van der Waals surface area contributed by atoms with E-state index in [1.165, 1.54) is 0 Å². The summed E-state index contributed by atoms with van der Waals surface area (Å²) in [5, 5.41) is 4.54. The molecule has 0 bridgehead atoms. The van der Waals surface area contributed by atoms with Crippen molar-refractivity contribution >= 4 is 11.8 Å². The first-order valence-corrected chi connectivity index (χ1v) is 7.43. The van der Waals surface area contributed by atoms with Crippen molar-refractivity contribution in [3.63, 3.8) is 0 Å². The molecule has 5 nitrogen and oxygen atoms in total. The molecule has 1 rings (SSSR count). The Bertz CT molecular complexity index is 327. The third kappa shape index (κ3) is 4.96. The van der Waals surface area contributed by atoms with E-state index >= 15 is 0 Å². The number of aromatic nitrogens is 2. The second-order valence-corrected chi connectivity index (χ2v) is 5.25. The van der Waals surface area contributed by atoms with Gasteiger partial charge in [0.05, 0.1) is 5.75 Å². The van der Waals surface area contributed by atoms with Crippen LogP contribution in [0.2, 0.25) is 0 Å². The summed E-state index contributed by atoms with van der Waals surface area (Å²) in [4.78, 5) is 4.31. The van der Waals surface area contributed by atoms with Crippen molar-refractivity contribution in [2.24, 2.45) is 0 Å². The monoisotopic (exact) mass is 274 g/mol. The van der Waals surface area contributed by atoms with Crippen molar-refractivity contribution in [2.75, 3.05) is 13.2 Å². The first-order chi connectivity index (χ1) is 8.71. The van der Waals surface area contributed by atoms with Gasteiger partial charge in [-0.25, -0.2) is 0 Å². The largest absolute Gasteiger partial charge is 0.345 e. The summed E-state index contributed by atoms with van der Waals surface area (Å²) in [7, 11) is 0. The van der Waals surface area contributed by atoms with Crippen LogP contribution in [0.1, 0.15) is 52.1 Å². The Morgan fingerprint density at radius 3 is 2.44 bits per heavy atom. The molecular weight excluding hydrogens is 252 g/mol. The summed E-state index contributed by atoms with van der Waals surface area (Å²) in [5.41, 5.74) is 0. The lowest BCUT2D eigenvalue weighted by atomic mass is 10.4. The van der Waals surface area contributed by atoms with Crippen molar-refractivity contribution in [3.05, 3.63) is 11.7 Å². The summed E-state index contributed by atoms with van der Waals surface area (Å²) in [6, 6.07) is 0. The predicted octanol–water partition coefficient (Wildman–Crippen LogP) is 3.17. The highest BCUT2D eigenvalue weighted by Crippen LogP contribution is 2.21. The molecule has 6 heteroatoms. The molecular formula is C12H22N2O3S. The van der Waals surface area contributed by atoms with E-state index in [1.54, 1.807) is 0 Å². The van der Waals surface area contributed by atoms with Crippen LogP contribution in [0.5, 0.6) is 0 Å². The molecule has 0 aliphatic rings. The van der Waals surface area contributed by atoms with Crippen LogP contribution in [0.3, 0.4) is 0 Å². The first kappa shape index (κ1) is 15.5. The molecule has 0 radical (unpaired) electrons. The van der Waals surface area contributed by atoms with Crippen LogP contribution in [-0.4, -0.2) is 28.6 Å². The summed E-state index contributed by atoms with van der Waals surface area (Å²) in [5.74, 6) is 1.85. The Labute approximate surface area is 113 Å². The van der Waals surface area contributed by atoms with Crippen LogP contribution < -0.4 is 0 Å². The maximum absolute atomic E-state index is 5.40. The lowest BCUT2D eigenvalue weighted by Crippen LogP contribution is -2.09. The van der Waals surface area contributed by atoms with Gasteiger partial charge in [-0.2, -0.15) is 16.7 Å². The van der Waals surface area contributed by atoms with Gasteiger partial charge in [-0.05, 0) is 20.3 Å². The summed E-state index contributed by atoms with van der Waals surface area (Å²) in [6.45, 7) is 9.26.